The summed E-state index contributed by atoms with van der Waals surface area (Å²) in [4.78, 5) is 18.1. The third kappa shape index (κ3) is 4.29. The summed E-state index contributed by atoms with van der Waals surface area (Å²) in [6.07, 6.45) is 0. The molecule has 0 bridgehead atoms. The number of carbonyl (C=O) groups excluding carboxylic acids is 1. The molecule has 0 N–H and O–H groups in total. The molecule has 0 aliphatic rings. The van der Waals surface area contributed by atoms with E-state index in [0.29, 0.717) is 23.4 Å². The van der Waals surface area contributed by atoms with Gasteiger partial charge in [-0.25, -0.2) is 4.98 Å². The van der Waals surface area contributed by atoms with Gasteiger partial charge in [0.05, 0.1) is 6.61 Å². The normalized spacial score (nSPS) is 10.2. The lowest BCUT2D eigenvalue weighted by atomic mass is 10.2. The third-order valence-electron chi connectivity index (χ3n) is 2.94. The fourth-order valence-corrected chi connectivity index (χ4v) is 2.27. The van der Waals surface area contributed by atoms with Crippen molar-refractivity contribution in [1.29, 1.82) is 0 Å². The molecule has 21 heavy (non-hydrogen) atoms. The molecule has 0 fully saturated rings. The van der Waals surface area contributed by atoms with Crippen LogP contribution in [0.4, 0.5) is 0 Å². The molecule has 0 saturated heterocycles. The van der Waals surface area contributed by atoms with E-state index in [0.717, 1.165) is 11.3 Å². The van der Waals surface area contributed by atoms with Crippen LogP contribution in [-0.4, -0.2) is 29.4 Å². The van der Waals surface area contributed by atoms with Crippen LogP contribution in [0, 0.1) is 0 Å². The first-order valence-electron chi connectivity index (χ1n) is 6.70. The Morgan fingerprint density at radius 2 is 1.95 bits per heavy atom. The van der Waals surface area contributed by atoms with Crippen LogP contribution in [0.25, 0.3) is 0 Å². The molecule has 0 aliphatic carbocycles. The average Bonchev–Trinajstić information content (AvgIpc) is 2.48. The molecular formula is C16H17BrN2O2. The van der Waals surface area contributed by atoms with Gasteiger partial charge < -0.3 is 9.64 Å². The Morgan fingerprint density at radius 1 is 1.24 bits per heavy atom. The first kappa shape index (κ1) is 15.5. The number of benzene rings is 1. The van der Waals surface area contributed by atoms with Crippen LogP contribution in [0.2, 0.25) is 0 Å². The minimum Gasteiger partial charge on any atom is -0.494 e. The first-order chi connectivity index (χ1) is 10.1. The predicted octanol–water partition coefficient (Wildman–Crippen LogP) is 3.52. The quantitative estimate of drug-likeness (QED) is 0.776. The topological polar surface area (TPSA) is 42.4 Å². The molecule has 0 saturated carbocycles. The molecule has 1 heterocycles. The van der Waals surface area contributed by atoms with Crippen molar-refractivity contribution in [3.8, 4) is 5.75 Å². The molecule has 0 radical (unpaired) electrons. The molecule has 2 rings (SSSR count). The maximum absolute atomic E-state index is 12.3. The van der Waals surface area contributed by atoms with Crippen molar-refractivity contribution in [2.45, 2.75) is 13.5 Å². The lowest BCUT2D eigenvalue weighted by Crippen LogP contribution is -2.27. The van der Waals surface area contributed by atoms with Gasteiger partial charge in [-0.1, -0.05) is 18.2 Å². The molecule has 1 amide bonds. The molecule has 0 atom stereocenters. The van der Waals surface area contributed by atoms with Gasteiger partial charge >= 0.3 is 0 Å². The second kappa shape index (κ2) is 7.22. The van der Waals surface area contributed by atoms with Crippen LogP contribution >= 0.6 is 15.9 Å². The second-order valence-electron chi connectivity index (χ2n) is 4.58. The number of pyridine rings is 1. The first-order valence-corrected chi connectivity index (χ1v) is 7.49. The van der Waals surface area contributed by atoms with E-state index in [9.17, 15) is 4.79 Å². The Labute approximate surface area is 132 Å². The van der Waals surface area contributed by atoms with E-state index >= 15 is 0 Å². The molecule has 110 valence electrons. The minimum atomic E-state index is -0.106. The zero-order chi connectivity index (χ0) is 15.2. The van der Waals surface area contributed by atoms with Gasteiger partial charge in [-0.15, -0.1) is 0 Å². The van der Waals surface area contributed by atoms with Crippen molar-refractivity contribution in [3.63, 3.8) is 0 Å². The highest BCUT2D eigenvalue weighted by molar-refractivity contribution is 9.10. The number of carbonyl (C=O) groups is 1. The van der Waals surface area contributed by atoms with Crippen LogP contribution in [0.5, 0.6) is 5.75 Å². The Balaban J connectivity index is 2.03. The van der Waals surface area contributed by atoms with E-state index in [2.05, 4.69) is 20.9 Å². The molecule has 5 heteroatoms. The highest BCUT2D eigenvalue weighted by Crippen LogP contribution is 2.14. The number of nitrogens with zero attached hydrogens (tertiary/aromatic N) is 2. The molecular weight excluding hydrogens is 332 g/mol. The fourth-order valence-electron chi connectivity index (χ4n) is 1.93. The fraction of sp³-hybridized carbons (Fsp3) is 0.250. The zero-order valence-corrected chi connectivity index (χ0v) is 13.6. The van der Waals surface area contributed by atoms with E-state index in [4.69, 9.17) is 4.74 Å². The summed E-state index contributed by atoms with van der Waals surface area (Å²) in [5.74, 6) is 0.731. The summed E-state index contributed by atoms with van der Waals surface area (Å²) in [5, 5.41) is 0. The highest BCUT2D eigenvalue weighted by Gasteiger charge is 2.13. The Kier molecular flexibility index (Phi) is 5.33. The molecule has 0 aliphatic heterocycles. The summed E-state index contributed by atoms with van der Waals surface area (Å²) >= 11 is 3.27. The molecule has 0 unspecified atom stereocenters. The number of halogens is 1. The highest BCUT2D eigenvalue weighted by atomic mass is 79.9. The van der Waals surface area contributed by atoms with Gasteiger partial charge in [-0.2, -0.15) is 0 Å². The number of rotatable bonds is 5. The minimum absolute atomic E-state index is 0.106. The summed E-state index contributed by atoms with van der Waals surface area (Å²) in [6.45, 7) is 3.12. The van der Waals surface area contributed by atoms with Crippen LogP contribution in [0.15, 0.2) is 47.1 Å². The van der Waals surface area contributed by atoms with Gasteiger partial charge in [0.2, 0.25) is 0 Å². The van der Waals surface area contributed by atoms with Crippen LogP contribution in [0.1, 0.15) is 23.0 Å². The lowest BCUT2D eigenvalue weighted by Gasteiger charge is -2.17. The van der Waals surface area contributed by atoms with Crippen LogP contribution in [0.3, 0.4) is 0 Å². The Hall–Kier alpha value is -1.88. The van der Waals surface area contributed by atoms with Crippen molar-refractivity contribution in [1.82, 2.24) is 9.88 Å². The third-order valence-corrected chi connectivity index (χ3v) is 3.38. The molecule has 1 aromatic heterocycles. The Bertz CT molecular complexity index is 614. The molecule has 2 aromatic rings. The number of hydrogen-bond acceptors (Lipinski definition) is 3. The Morgan fingerprint density at radius 3 is 2.57 bits per heavy atom. The summed E-state index contributed by atoms with van der Waals surface area (Å²) in [6, 6.07) is 13.1. The van der Waals surface area contributed by atoms with E-state index in [-0.39, 0.29) is 5.91 Å². The maximum atomic E-state index is 12.3. The average molecular weight is 349 g/mol. The van der Waals surface area contributed by atoms with Crippen molar-refractivity contribution in [2.24, 2.45) is 0 Å². The predicted molar refractivity (Wildman–Crippen MR) is 85.3 cm³/mol. The van der Waals surface area contributed by atoms with Crippen LogP contribution in [-0.2, 0) is 6.54 Å². The van der Waals surface area contributed by atoms with Gasteiger partial charge in [0, 0.05) is 13.6 Å². The van der Waals surface area contributed by atoms with Crippen molar-refractivity contribution in [2.75, 3.05) is 13.7 Å². The van der Waals surface area contributed by atoms with Crippen molar-refractivity contribution < 1.29 is 9.53 Å². The van der Waals surface area contributed by atoms with Gasteiger partial charge in [0.1, 0.15) is 16.0 Å². The van der Waals surface area contributed by atoms with E-state index < -0.39 is 0 Å². The monoisotopic (exact) mass is 348 g/mol. The molecule has 1 aromatic carbocycles. The summed E-state index contributed by atoms with van der Waals surface area (Å²) < 4.78 is 6.06. The van der Waals surface area contributed by atoms with E-state index in [1.807, 2.05) is 31.2 Å². The molecule has 4 nitrogen and oxygen atoms in total. The summed E-state index contributed by atoms with van der Waals surface area (Å²) in [7, 11) is 1.77. The SMILES string of the molecule is CCOc1ccc(CN(C)C(=O)c2cccc(Br)n2)cc1. The van der Waals surface area contributed by atoms with Gasteiger partial charge in [-0.3, -0.25) is 4.79 Å². The molecule has 0 spiro atoms. The smallest absolute Gasteiger partial charge is 0.272 e. The van der Waals surface area contributed by atoms with Gasteiger partial charge in [0.15, 0.2) is 0 Å². The summed E-state index contributed by atoms with van der Waals surface area (Å²) in [5.41, 5.74) is 1.47. The number of hydrogen-bond donors (Lipinski definition) is 0. The van der Waals surface area contributed by atoms with Gasteiger partial charge in [-0.05, 0) is 52.7 Å². The van der Waals surface area contributed by atoms with Crippen LogP contribution < -0.4 is 4.74 Å². The largest absolute Gasteiger partial charge is 0.494 e. The number of aromatic nitrogens is 1. The van der Waals surface area contributed by atoms with E-state index in [1.165, 1.54) is 0 Å². The second-order valence-corrected chi connectivity index (χ2v) is 5.40. The number of ether oxygens (including phenoxy) is 1. The van der Waals surface area contributed by atoms with Crippen molar-refractivity contribution in [3.05, 3.63) is 58.3 Å². The zero-order valence-electron chi connectivity index (χ0n) is 12.0. The maximum Gasteiger partial charge on any atom is 0.272 e. The lowest BCUT2D eigenvalue weighted by molar-refractivity contribution is 0.0779. The van der Waals surface area contributed by atoms with E-state index in [1.54, 1.807) is 30.1 Å². The van der Waals surface area contributed by atoms with Gasteiger partial charge in [0.25, 0.3) is 5.91 Å². The number of amides is 1. The van der Waals surface area contributed by atoms with Crippen molar-refractivity contribution >= 4 is 21.8 Å². The standard InChI is InChI=1S/C16H17BrN2O2/c1-3-21-13-9-7-12(8-10-13)11-19(2)16(20)14-5-4-6-15(17)18-14/h4-10H,3,11H2,1-2H3.